The Morgan fingerprint density at radius 1 is 1.05 bits per heavy atom. The molecule has 1 heteroatoms. The van der Waals surface area contributed by atoms with Crippen molar-refractivity contribution < 1.29 is 4.74 Å². The normalized spacial score (nSPS) is 22.4. The fourth-order valence-corrected chi connectivity index (χ4v) is 3.94. The van der Waals surface area contributed by atoms with E-state index in [0.29, 0.717) is 0 Å². The van der Waals surface area contributed by atoms with Gasteiger partial charge >= 0.3 is 0 Å². The molecule has 3 rings (SSSR count). The van der Waals surface area contributed by atoms with Crippen LogP contribution in [0.5, 0.6) is 5.75 Å². The summed E-state index contributed by atoms with van der Waals surface area (Å²) in [6.45, 7) is 2.31. The molecule has 1 fully saturated rings. The molecule has 1 aliphatic rings. The van der Waals surface area contributed by atoms with Crippen LogP contribution in [-0.2, 0) is 0 Å². The molecule has 0 unspecified atom stereocenters. The summed E-state index contributed by atoms with van der Waals surface area (Å²) in [5.41, 5.74) is 1.55. The van der Waals surface area contributed by atoms with Gasteiger partial charge in [0.1, 0.15) is 5.75 Å². The lowest BCUT2D eigenvalue weighted by Gasteiger charge is -2.29. The highest BCUT2D eigenvalue weighted by Crippen LogP contribution is 2.40. The Labute approximate surface area is 128 Å². The fourth-order valence-electron chi connectivity index (χ4n) is 3.94. The van der Waals surface area contributed by atoms with E-state index in [2.05, 4.69) is 43.3 Å². The van der Waals surface area contributed by atoms with E-state index < -0.39 is 0 Å². The van der Waals surface area contributed by atoms with Crippen molar-refractivity contribution in [1.29, 1.82) is 0 Å². The first kappa shape index (κ1) is 14.4. The van der Waals surface area contributed by atoms with E-state index in [1.165, 1.54) is 49.3 Å². The summed E-state index contributed by atoms with van der Waals surface area (Å²) < 4.78 is 5.35. The molecule has 0 amide bonds. The van der Waals surface area contributed by atoms with Crippen molar-refractivity contribution in [1.82, 2.24) is 0 Å². The van der Waals surface area contributed by atoms with E-state index in [-0.39, 0.29) is 0 Å². The minimum Gasteiger partial charge on any atom is -0.497 e. The van der Waals surface area contributed by atoms with Gasteiger partial charge in [0.05, 0.1) is 7.11 Å². The van der Waals surface area contributed by atoms with Crippen LogP contribution < -0.4 is 4.74 Å². The molecule has 0 saturated heterocycles. The Bertz CT molecular complexity index is 594. The van der Waals surface area contributed by atoms with Gasteiger partial charge in [0.15, 0.2) is 0 Å². The highest BCUT2D eigenvalue weighted by Gasteiger charge is 2.22. The Morgan fingerprint density at radius 2 is 1.86 bits per heavy atom. The number of hydrogen-bond donors (Lipinski definition) is 0. The van der Waals surface area contributed by atoms with E-state index in [9.17, 15) is 0 Å². The quantitative estimate of drug-likeness (QED) is 0.676. The van der Waals surface area contributed by atoms with Gasteiger partial charge in [-0.05, 0) is 66.0 Å². The van der Waals surface area contributed by atoms with Crippen molar-refractivity contribution in [3.8, 4) is 5.75 Å². The largest absolute Gasteiger partial charge is 0.497 e. The van der Waals surface area contributed by atoms with Crippen LogP contribution in [0.25, 0.3) is 10.8 Å². The van der Waals surface area contributed by atoms with E-state index >= 15 is 0 Å². The van der Waals surface area contributed by atoms with Crippen LogP contribution in [0.1, 0.15) is 56.9 Å². The number of fused-ring (bicyclic) bond motifs is 1. The Kier molecular flexibility index (Phi) is 4.48. The van der Waals surface area contributed by atoms with Gasteiger partial charge in [-0.3, -0.25) is 0 Å². The zero-order valence-electron chi connectivity index (χ0n) is 13.3. The molecule has 2 aromatic rings. The first-order valence-corrected chi connectivity index (χ1v) is 8.38. The van der Waals surface area contributed by atoms with Crippen LogP contribution in [0.2, 0.25) is 0 Å². The zero-order valence-corrected chi connectivity index (χ0v) is 13.3. The summed E-state index contributed by atoms with van der Waals surface area (Å²) in [4.78, 5) is 0. The molecule has 0 heterocycles. The van der Waals surface area contributed by atoms with Gasteiger partial charge in [-0.25, -0.2) is 0 Å². The van der Waals surface area contributed by atoms with E-state index in [0.717, 1.165) is 17.6 Å². The summed E-state index contributed by atoms with van der Waals surface area (Å²) >= 11 is 0. The third-order valence-electron chi connectivity index (χ3n) is 5.10. The zero-order chi connectivity index (χ0) is 14.7. The van der Waals surface area contributed by atoms with Crippen LogP contribution in [-0.4, -0.2) is 7.11 Å². The third kappa shape index (κ3) is 3.07. The highest BCUT2D eigenvalue weighted by atomic mass is 16.5. The molecular formula is C20H26O. The van der Waals surface area contributed by atoms with Crippen LogP contribution in [0, 0.1) is 5.92 Å². The summed E-state index contributed by atoms with van der Waals surface area (Å²) in [7, 11) is 1.74. The SMILES string of the molecule is CCCC1CCC(c2cccc3cc(OC)ccc23)CC1. The molecule has 0 aromatic heterocycles. The second-order valence-electron chi connectivity index (χ2n) is 6.44. The van der Waals surface area contributed by atoms with Crippen molar-refractivity contribution in [3.05, 3.63) is 42.0 Å². The second kappa shape index (κ2) is 6.51. The molecule has 2 aromatic carbocycles. The van der Waals surface area contributed by atoms with Crippen molar-refractivity contribution in [3.63, 3.8) is 0 Å². The molecule has 0 atom stereocenters. The van der Waals surface area contributed by atoms with Crippen molar-refractivity contribution in [2.75, 3.05) is 7.11 Å². The number of hydrogen-bond acceptors (Lipinski definition) is 1. The van der Waals surface area contributed by atoms with Gasteiger partial charge in [0, 0.05) is 0 Å². The first-order valence-electron chi connectivity index (χ1n) is 8.38. The fraction of sp³-hybridized carbons (Fsp3) is 0.500. The summed E-state index contributed by atoms with van der Waals surface area (Å²) in [6, 6.07) is 13.2. The lowest BCUT2D eigenvalue weighted by Crippen LogP contribution is -2.13. The van der Waals surface area contributed by atoms with Crippen LogP contribution in [0.3, 0.4) is 0 Å². The van der Waals surface area contributed by atoms with Crippen molar-refractivity contribution in [2.45, 2.75) is 51.4 Å². The Morgan fingerprint density at radius 3 is 2.57 bits per heavy atom. The Balaban J connectivity index is 1.84. The molecule has 0 spiro atoms. The summed E-state index contributed by atoms with van der Waals surface area (Å²) in [5.74, 6) is 2.67. The molecule has 112 valence electrons. The topological polar surface area (TPSA) is 9.23 Å². The van der Waals surface area contributed by atoms with Gasteiger partial charge < -0.3 is 4.74 Å². The molecule has 1 saturated carbocycles. The van der Waals surface area contributed by atoms with E-state index in [1.807, 2.05) is 0 Å². The maximum absolute atomic E-state index is 5.35. The molecular weight excluding hydrogens is 256 g/mol. The predicted octanol–water partition coefficient (Wildman–Crippen LogP) is 5.92. The summed E-state index contributed by atoms with van der Waals surface area (Å²) in [5, 5.41) is 2.72. The van der Waals surface area contributed by atoms with Gasteiger partial charge in [-0.15, -0.1) is 0 Å². The van der Waals surface area contributed by atoms with Gasteiger partial charge in [-0.1, -0.05) is 44.0 Å². The standard InChI is InChI=1S/C20H26O/c1-3-5-15-8-10-16(11-9-15)19-7-4-6-17-14-18(21-2)12-13-20(17)19/h4,6-7,12-16H,3,5,8-11H2,1-2H3. The van der Waals surface area contributed by atoms with Crippen LogP contribution >= 0.6 is 0 Å². The molecule has 0 radical (unpaired) electrons. The molecule has 0 bridgehead atoms. The van der Waals surface area contributed by atoms with Crippen LogP contribution in [0.15, 0.2) is 36.4 Å². The summed E-state index contributed by atoms with van der Waals surface area (Å²) in [6.07, 6.45) is 8.28. The predicted molar refractivity (Wildman–Crippen MR) is 90.1 cm³/mol. The maximum Gasteiger partial charge on any atom is 0.119 e. The lowest BCUT2D eigenvalue weighted by molar-refractivity contribution is 0.309. The number of benzene rings is 2. The minimum absolute atomic E-state index is 0.746. The van der Waals surface area contributed by atoms with Gasteiger partial charge in [-0.2, -0.15) is 0 Å². The minimum atomic E-state index is 0.746. The smallest absolute Gasteiger partial charge is 0.119 e. The average molecular weight is 282 g/mol. The Hall–Kier alpha value is -1.50. The number of ether oxygens (including phenoxy) is 1. The first-order chi connectivity index (χ1) is 10.3. The van der Waals surface area contributed by atoms with E-state index in [4.69, 9.17) is 4.74 Å². The van der Waals surface area contributed by atoms with Gasteiger partial charge in [0.25, 0.3) is 0 Å². The third-order valence-corrected chi connectivity index (χ3v) is 5.10. The van der Waals surface area contributed by atoms with E-state index in [1.54, 1.807) is 12.7 Å². The van der Waals surface area contributed by atoms with Crippen molar-refractivity contribution >= 4 is 10.8 Å². The number of methoxy groups -OCH3 is 1. The average Bonchev–Trinajstić information content (AvgIpc) is 2.55. The molecule has 1 aliphatic carbocycles. The number of rotatable bonds is 4. The van der Waals surface area contributed by atoms with Crippen LogP contribution in [0.4, 0.5) is 0 Å². The molecule has 1 nitrogen and oxygen atoms in total. The molecule has 0 N–H and O–H groups in total. The molecule has 21 heavy (non-hydrogen) atoms. The second-order valence-corrected chi connectivity index (χ2v) is 6.44. The van der Waals surface area contributed by atoms with Crippen molar-refractivity contribution in [2.24, 2.45) is 5.92 Å². The maximum atomic E-state index is 5.35. The van der Waals surface area contributed by atoms with Gasteiger partial charge in [0.2, 0.25) is 0 Å². The lowest BCUT2D eigenvalue weighted by atomic mass is 9.76. The molecule has 0 aliphatic heterocycles. The highest BCUT2D eigenvalue weighted by molar-refractivity contribution is 5.87. The monoisotopic (exact) mass is 282 g/mol.